The third-order valence-electron chi connectivity index (χ3n) is 2.01. The van der Waals surface area contributed by atoms with E-state index < -0.39 is 6.04 Å². The number of rotatable bonds is 5. The number of carbonyl (C=O) groups excluding carboxylic acids is 1. The van der Waals surface area contributed by atoms with Crippen LogP contribution in [-0.2, 0) is 11.3 Å². The number of aromatic nitrogens is 2. The minimum Gasteiger partial charge on any atom is -0.349 e. The third-order valence-corrected chi connectivity index (χ3v) is 2.01. The molecule has 0 fully saturated rings. The second-order valence-electron chi connectivity index (χ2n) is 3.33. The topological polar surface area (TPSA) is 80.9 Å². The van der Waals surface area contributed by atoms with Crippen molar-refractivity contribution in [3.05, 3.63) is 24.0 Å². The molecule has 1 atom stereocenters. The zero-order valence-electron chi connectivity index (χ0n) is 8.81. The van der Waals surface area contributed by atoms with E-state index in [0.717, 1.165) is 12.1 Å². The molecule has 0 aliphatic rings. The van der Waals surface area contributed by atoms with Gasteiger partial charge in [-0.3, -0.25) is 4.79 Å². The Morgan fingerprint density at radius 1 is 1.67 bits per heavy atom. The van der Waals surface area contributed by atoms with Gasteiger partial charge in [-0.2, -0.15) is 10.2 Å². The van der Waals surface area contributed by atoms with Gasteiger partial charge in [-0.1, -0.05) is 13.3 Å². The van der Waals surface area contributed by atoms with Crippen LogP contribution in [0.25, 0.3) is 0 Å². The van der Waals surface area contributed by atoms with Crippen LogP contribution in [0, 0.1) is 0 Å². The molecule has 1 unspecified atom stereocenters. The second kappa shape index (κ2) is 6.08. The molecule has 1 heterocycles. The van der Waals surface area contributed by atoms with Gasteiger partial charge in [0.1, 0.15) is 0 Å². The first-order valence-electron chi connectivity index (χ1n) is 5.04. The average molecular weight is 208 g/mol. The number of hydrogen-bond donors (Lipinski definition) is 2. The van der Waals surface area contributed by atoms with Gasteiger partial charge in [-0.05, 0) is 18.6 Å². The molecule has 0 saturated carbocycles. The van der Waals surface area contributed by atoms with Gasteiger partial charge < -0.3 is 11.1 Å². The standard InChI is InChI=1S/C10H16N4O/c1-2-4-9(11)10(15)12-7-8-5-3-6-13-14-8/h3,5-6,9H,2,4,7,11H2,1H3,(H,12,15). The van der Waals surface area contributed by atoms with Crippen LogP contribution in [0.2, 0.25) is 0 Å². The highest BCUT2D eigenvalue weighted by Crippen LogP contribution is 1.94. The van der Waals surface area contributed by atoms with E-state index in [1.165, 1.54) is 0 Å². The second-order valence-corrected chi connectivity index (χ2v) is 3.33. The number of carbonyl (C=O) groups is 1. The van der Waals surface area contributed by atoms with Crippen LogP contribution in [0.3, 0.4) is 0 Å². The summed E-state index contributed by atoms with van der Waals surface area (Å²) in [5.41, 5.74) is 6.37. The highest BCUT2D eigenvalue weighted by atomic mass is 16.2. The summed E-state index contributed by atoms with van der Waals surface area (Å²) in [6.45, 7) is 2.37. The van der Waals surface area contributed by atoms with Crippen molar-refractivity contribution < 1.29 is 4.79 Å². The summed E-state index contributed by atoms with van der Waals surface area (Å²) in [6.07, 6.45) is 3.19. The maximum absolute atomic E-state index is 11.4. The summed E-state index contributed by atoms with van der Waals surface area (Å²) in [4.78, 5) is 11.4. The molecule has 1 rings (SSSR count). The maximum atomic E-state index is 11.4. The van der Waals surface area contributed by atoms with Gasteiger partial charge in [0, 0.05) is 6.20 Å². The first-order valence-corrected chi connectivity index (χ1v) is 5.04. The van der Waals surface area contributed by atoms with Crippen LogP contribution in [-0.4, -0.2) is 22.1 Å². The van der Waals surface area contributed by atoms with Gasteiger partial charge in [-0.25, -0.2) is 0 Å². The fourth-order valence-electron chi connectivity index (χ4n) is 1.18. The maximum Gasteiger partial charge on any atom is 0.237 e. The zero-order chi connectivity index (χ0) is 11.1. The van der Waals surface area contributed by atoms with Crippen LogP contribution in [0.1, 0.15) is 25.5 Å². The van der Waals surface area contributed by atoms with Crippen molar-refractivity contribution in [3.63, 3.8) is 0 Å². The molecule has 15 heavy (non-hydrogen) atoms. The fourth-order valence-corrected chi connectivity index (χ4v) is 1.18. The predicted octanol–water partition coefficient (Wildman–Crippen LogP) is 0.220. The van der Waals surface area contributed by atoms with E-state index in [0.29, 0.717) is 13.0 Å². The Morgan fingerprint density at radius 3 is 3.07 bits per heavy atom. The van der Waals surface area contributed by atoms with Gasteiger partial charge in [-0.15, -0.1) is 0 Å². The predicted molar refractivity (Wildman–Crippen MR) is 56.8 cm³/mol. The van der Waals surface area contributed by atoms with E-state index in [1.807, 2.05) is 6.92 Å². The lowest BCUT2D eigenvalue weighted by Gasteiger charge is -2.10. The van der Waals surface area contributed by atoms with E-state index in [1.54, 1.807) is 18.3 Å². The Labute approximate surface area is 89.1 Å². The fraction of sp³-hybridized carbons (Fsp3) is 0.500. The molecular weight excluding hydrogens is 192 g/mol. The monoisotopic (exact) mass is 208 g/mol. The number of nitrogens with one attached hydrogen (secondary N) is 1. The molecule has 0 aromatic carbocycles. The molecule has 1 aromatic rings. The number of hydrogen-bond acceptors (Lipinski definition) is 4. The minimum absolute atomic E-state index is 0.137. The SMILES string of the molecule is CCCC(N)C(=O)NCc1cccnn1. The van der Waals surface area contributed by atoms with E-state index >= 15 is 0 Å². The summed E-state index contributed by atoms with van der Waals surface area (Å²) in [6, 6.07) is 3.16. The zero-order valence-corrected chi connectivity index (χ0v) is 8.81. The molecule has 0 spiro atoms. The number of amides is 1. The molecule has 82 valence electrons. The Balaban J connectivity index is 2.34. The first kappa shape index (κ1) is 11.6. The van der Waals surface area contributed by atoms with Gasteiger partial charge >= 0.3 is 0 Å². The number of nitrogens with two attached hydrogens (primary N) is 1. The summed E-state index contributed by atoms with van der Waals surface area (Å²) in [5.74, 6) is -0.137. The van der Waals surface area contributed by atoms with Gasteiger partial charge in [0.05, 0.1) is 18.3 Å². The molecule has 0 bridgehead atoms. The Kier molecular flexibility index (Phi) is 4.70. The third kappa shape index (κ3) is 4.03. The smallest absolute Gasteiger partial charge is 0.237 e. The molecule has 1 amide bonds. The van der Waals surface area contributed by atoms with E-state index in [9.17, 15) is 4.79 Å². The lowest BCUT2D eigenvalue weighted by Crippen LogP contribution is -2.40. The van der Waals surface area contributed by atoms with Crippen molar-refractivity contribution in [2.75, 3.05) is 0 Å². The molecule has 0 aliphatic carbocycles. The van der Waals surface area contributed by atoms with Crippen molar-refractivity contribution in [2.24, 2.45) is 5.73 Å². The molecular formula is C10H16N4O. The molecule has 0 saturated heterocycles. The van der Waals surface area contributed by atoms with Gasteiger partial charge in [0.2, 0.25) is 5.91 Å². The van der Waals surface area contributed by atoms with Crippen LogP contribution in [0.4, 0.5) is 0 Å². The molecule has 5 heteroatoms. The molecule has 5 nitrogen and oxygen atoms in total. The summed E-state index contributed by atoms with van der Waals surface area (Å²) in [7, 11) is 0. The summed E-state index contributed by atoms with van der Waals surface area (Å²) >= 11 is 0. The van der Waals surface area contributed by atoms with E-state index in [-0.39, 0.29) is 5.91 Å². The minimum atomic E-state index is -0.424. The Hall–Kier alpha value is -1.49. The van der Waals surface area contributed by atoms with Crippen LogP contribution >= 0.6 is 0 Å². The van der Waals surface area contributed by atoms with E-state index in [2.05, 4.69) is 15.5 Å². The van der Waals surface area contributed by atoms with Gasteiger partial charge in [0.15, 0.2) is 0 Å². The highest BCUT2D eigenvalue weighted by Gasteiger charge is 2.11. The van der Waals surface area contributed by atoms with Crippen LogP contribution in [0.5, 0.6) is 0 Å². The van der Waals surface area contributed by atoms with Gasteiger partial charge in [0.25, 0.3) is 0 Å². The first-order chi connectivity index (χ1) is 7.24. The van der Waals surface area contributed by atoms with Crippen molar-refractivity contribution in [3.8, 4) is 0 Å². The van der Waals surface area contributed by atoms with Crippen LogP contribution < -0.4 is 11.1 Å². The summed E-state index contributed by atoms with van der Waals surface area (Å²) in [5, 5.41) is 10.3. The van der Waals surface area contributed by atoms with E-state index in [4.69, 9.17) is 5.73 Å². The highest BCUT2D eigenvalue weighted by molar-refractivity contribution is 5.81. The number of nitrogens with zero attached hydrogens (tertiary/aromatic N) is 2. The van der Waals surface area contributed by atoms with Crippen molar-refractivity contribution in [1.29, 1.82) is 0 Å². The largest absolute Gasteiger partial charge is 0.349 e. The lowest BCUT2D eigenvalue weighted by molar-refractivity contribution is -0.122. The Bertz CT molecular complexity index is 302. The quantitative estimate of drug-likeness (QED) is 0.725. The molecule has 1 aromatic heterocycles. The van der Waals surface area contributed by atoms with Crippen LogP contribution in [0.15, 0.2) is 18.3 Å². The normalized spacial score (nSPS) is 12.1. The molecule has 0 aliphatic heterocycles. The van der Waals surface area contributed by atoms with Crippen molar-refractivity contribution in [1.82, 2.24) is 15.5 Å². The van der Waals surface area contributed by atoms with Crippen molar-refractivity contribution in [2.45, 2.75) is 32.4 Å². The lowest BCUT2D eigenvalue weighted by atomic mass is 10.2. The molecule has 3 N–H and O–H groups in total. The Morgan fingerprint density at radius 2 is 2.47 bits per heavy atom. The summed E-state index contributed by atoms with van der Waals surface area (Å²) < 4.78 is 0. The molecule has 0 radical (unpaired) electrons. The van der Waals surface area contributed by atoms with Crippen molar-refractivity contribution >= 4 is 5.91 Å². The average Bonchev–Trinajstić information content (AvgIpc) is 2.27.